The van der Waals surface area contributed by atoms with Gasteiger partial charge < -0.3 is 4.90 Å². The highest BCUT2D eigenvalue weighted by molar-refractivity contribution is 9.10. The van der Waals surface area contributed by atoms with Gasteiger partial charge in [0.1, 0.15) is 0 Å². The summed E-state index contributed by atoms with van der Waals surface area (Å²) < 4.78 is 1.10. The van der Waals surface area contributed by atoms with Crippen molar-refractivity contribution in [3.05, 3.63) is 127 Å². The fourth-order valence-electron chi connectivity index (χ4n) is 5.16. The standard InChI is InChI=1S/C31H27BrN2S/c1-20-6-10-22(11-7-20)18-25-4-3-5-27-29(25)33-31-34(30(27)24-12-8-21(2)9-13-24)28(19-35-31)23-14-16-26(32)17-15-23/h6-19,30H,3-5H2,1-2H3/b25-18+. The van der Waals surface area contributed by atoms with Crippen LogP contribution in [-0.4, -0.2) is 10.1 Å². The lowest BCUT2D eigenvalue weighted by molar-refractivity contribution is 0.458. The Morgan fingerprint density at radius 1 is 0.886 bits per heavy atom. The van der Waals surface area contributed by atoms with Crippen LogP contribution in [0, 0.1) is 13.8 Å². The second kappa shape index (κ2) is 9.33. The maximum absolute atomic E-state index is 5.30. The normalized spacial score (nSPS) is 20.5. The summed E-state index contributed by atoms with van der Waals surface area (Å²) in [5.74, 6) is 0. The first-order valence-electron chi connectivity index (χ1n) is 12.1. The number of benzene rings is 3. The topological polar surface area (TPSA) is 15.6 Å². The summed E-state index contributed by atoms with van der Waals surface area (Å²) in [6.45, 7) is 4.30. The van der Waals surface area contributed by atoms with Gasteiger partial charge >= 0.3 is 0 Å². The van der Waals surface area contributed by atoms with E-state index in [1.165, 1.54) is 50.4 Å². The molecule has 2 aliphatic heterocycles. The van der Waals surface area contributed by atoms with Crippen molar-refractivity contribution in [2.45, 2.75) is 39.2 Å². The first kappa shape index (κ1) is 22.6. The van der Waals surface area contributed by atoms with Crippen molar-refractivity contribution in [2.24, 2.45) is 4.99 Å². The summed E-state index contributed by atoms with van der Waals surface area (Å²) in [4.78, 5) is 7.77. The quantitative estimate of drug-likeness (QED) is 0.330. The molecule has 2 heterocycles. The highest BCUT2D eigenvalue weighted by Crippen LogP contribution is 2.51. The Balaban J connectivity index is 1.48. The summed E-state index contributed by atoms with van der Waals surface area (Å²) in [7, 11) is 0. The van der Waals surface area contributed by atoms with Gasteiger partial charge in [-0.25, -0.2) is 4.99 Å². The predicted octanol–water partition coefficient (Wildman–Crippen LogP) is 9.05. The van der Waals surface area contributed by atoms with Gasteiger partial charge in [-0.2, -0.15) is 0 Å². The molecule has 0 saturated carbocycles. The lowest BCUT2D eigenvalue weighted by atomic mass is 9.82. The van der Waals surface area contributed by atoms with Gasteiger partial charge in [0.25, 0.3) is 0 Å². The van der Waals surface area contributed by atoms with E-state index >= 15 is 0 Å². The van der Waals surface area contributed by atoms with Gasteiger partial charge in [-0.3, -0.25) is 0 Å². The van der Waals surface area contributed by atoms with Crippen LogP contribution < -0.4 is 0 Å². The van der Waals surface area contributed by atoms with Crippen molar-refractivity contribution >= 4 is 44.6 Å². The average molecular weight is 540 g/mol. The SMILES string of the molecule is Cc1ccc(/C=C2\CCCC3=C2N=C2SC=C(c4ccc(Br)cc4)N2C3c2ccc(C)cc2)cc1. The molecule has 0 aromatic heterocycles. The van der Waals surface area contributed by atoms with Crippen molar-refractivity contribution in [2.75, 3.05) is 0 Å². The number of amidine groups is 1. The van der Waals surface area contributed by atoms with Gasteiger partial charge in [0.15, 0.2) is 5.17 Å². The number of halogens is 1. The lowest BCUT2D eigenvalue weighted by Crippen LogP contribution is -2.34. The number of nitrogens with zero attached hydrogens (tertiary/aromatic N) is 2. The van der Waals surface area contributed by atoms with E-state index in [2.05, 4.69) is 119 Å². The summed E-state index contributed by atoms with van der Waals surface area (Å²) in [5.41, 5.74) is 11.6. The molecule has 174 valence electrons. The molecule has 0 N–H and O–H groups in total. The second-order valence-corrected chi connectivity index (χ2v) is 11.3. The number of hydrogen-bond donors (Lipinski definition) is 0. The maximum atomic E-state index is 5.30. The van der Waals surface area contributed by atoms with E-state index in [-0.39, 0.29) is 6.04 Å². The molecule has 1 unspecified atom stereocenters. The summed E-state index contributed by atoms with van der Waals surface area (Å²) in [6.07, 6.45) is 5.65. The van der Waals surface area contributed by atoms with Crippen molar-refractivity contribution in [3.8, 4) is 0 Å². The first-order valence-corrected chi connectivity index (χ1v) is 13.8. The molecule has 0 saturated heterocycles. The Hall–Kier alpha value is -2.82. The van der Waals surface area contributed by atoms with Crippen LogP contribution in [0.15, 0.2) is 105 Å². The molecule has 0 amide bonds. The molecule has 6 rings (SSSR count). The van der Waals surface area contributed by atoms with Crippen molar-refractivity contribution in [3.63, 3.8) is 0 Å². The van der Waals surface area contributed by atoms with Gasteiger partial charge in [0.05, 0.1) is 17.4 Å². The molecule has 2 nitrogen and oxygen atoms in total. The summed E-state index contributed by atoms with van der Waals surface area (Å²) in [5, 5.41) is 3.34. The van der Waals surface area contributed by atoms with E-state index in [1.54, 1.807) is 11.8 Å². The first-order chi connectivity index (χ1) is 17.1. The highest BCUT2D eigenvalue weighted by Gasteiger charge is 2.40. The summed E-state index contributed by atoms with van der Waals surface area (Å²) in [6, 6.07) is 26.7. The Morgan fingerprint density at radius 3 is 2.29 bits per heavy atom. The van der Waals surface area contributed by atoms with Gasteiger partial charge in [0, 0.05) is 9.88 Å². The largest absolute Gasteiger partial charge is 0.308 e. The predicted molar refractivity (Wildman–Crippen MR) is 153 cm³/mol. The Kier molecular flexibility index (Phi) is 6.03. The van der Waals surface area contributed by atoms with E-state index in [1.807, 2.05) is 0 Å². The van der Waals surface area contributed by atoms with Crippen LogP contribution in [0.1, 0.15) is 53.1 Å². The second-order valence-electron chi connectivity index (χ2n) is 9.51. The number of aliphatic imine (C=N–C) groups is 1. The molecule has 3 aromatic rings. The fourth-order valence-corrected chi connectivity index (χ4v) is 6.35. The minimum absolute atomic E-state index is 0.157. The van der Waals surface area contributed by atoms with Crippen LogP contribution in [0.4, 0.5) is 0 Å². The monoisotopic (exact) mass is 538 g/mol. The molecule has 4 heteroatoms. The number of fused-ring (bicyclic) bond motifs is 1. The molecule has 0 spiro atoms. The zero-order chi connectivity index (χ0) is 23.9. The van der Waals surface area contributed by atoms with Gasteiger partial charge in [-0.1, -0.05) is 99.5 Å². The molecule has 0 bridgehead atoms. The fraction of sp³-hybridized carbons (Fsp3) is 0.194. The zero-order valence-electron chi connectivity index (χ0n) is 20.0. The van der Waals surface area contributed by atoms with E-state index in [0.717, 1.165) is 28.9 Å². The van der Waals surface area contributed by atoms with Crippen molar-refractivity contribution < 1.29 is 0 Å². The van der Waals surface area contributed by atoms with E-state index in [0.29, 0.717) is 0 Å². The molecule has 3 aliphatic rings. The van der Waals surface area contributed by atoms with Gasteiger partial charge in [0.2, 0.25) is 0 Å². The van der Waals surface area contributed by atoms with Crippen LogP contribution >= 0.6 is 27.7 Å². The van der Waals surface area contributed by atoms with E-state index in [9.17, 15) is 0 Å². The van der Waals surface area contributed by atoms with E-state index < -0.39 is 0 Å². The minimum atomic E-state index is 0.157. The Labute approximate surface area is 220 Å². The van der Waals surface area contributed by atoms with Crippen molar-refractivity contribution in [1.82, 2.24) is 4.90 Å². The number of thioether (sulfide) groups is 1. The van der Waals surface area contributed by atoms with Gasteiger partial charge in [-0.05, 0) is 79.2 Å². The van der Waals surface area contributed by atoms with Crippen molar-refractivity contribution in [1.29, 1.82) is 0 Å². The number of allylic oxidation sites excluding steroid dienone is 1. The Bertz CT molecular complexity index is 1390. The van der Waals surface area contributed by atoms with Crippen LogP contribution in [0.25, 0.3) is 11.8 Å². The molecule has 1 atom stereocenters. The third-order valence-corrected chi connectivity index (χ3v) is 8.36. The van der Waals surface area contributed by atoms with Crippen LogP contribution in [-0.2, 0) is 0 Å². The number of aryl methyl sites for hydroxylation is 2. The zero-order valence-corrected chi connectivity index (χ0v) is 22.4. The lowest BCUT2D eigenvalue weighted by Gasteiger charge is -2.40. The molecule has 35 heavy (non-hydrogen) atoms. The molecule has 0 radical (unpaired) electrons. The molecule has 1 aliphatic carbocycles. The molecule has 0 fully saturated rings. The van der Waals surface area contributed by atoms with Gasteiger partial charge in [-0.15, -0.1) is 0 Å². The molecular weight excluding hydrogens is 512 g/mol. The highest BCUT2D eigenvalue weighted by atomic mass is 79.9. The smallest absolute Gasteiger partial charge is 0.174 e. The average Bonchev–Trinajstić information content (AvgIpc) is 3.29. The third-order valence-electron chi connectivity index (χ3n) is 6.99. The van der Waals surface area contributed by atoms with Crippen LogP contribution in [0.5, 0.6) is 0 Å². The summed E-state index contributed by atoms with van der Waals surface area (Å²) >= 11 is 5.33. The van der Waals surface area contributed by atoms with Crippen LogP contribution in [0.3, 0.4) is 0 Å². The number of hydrogen-bond acceptors (Lipinski definition) is 3. The third kappa shape index (κ3) is 4.34. The molecular formula is C31H27BrN2S. The van der Waals surface area contributed by atoms with E-state index in [4.69, 9.17) is 4.99 Å². The maximum Gasteiger partial charge on any atom is 0.174 e. The minimum Gasteiger partial charge on any atom is -0.308 e. The Morgan fingerprint density at radius 2 is 1.57 bits per heavy atom. The molecule has 3 aromatic carbocycles. The number of rotatable bonds is 3. The van der Waals surface area contributed by atoms with Crippen LogP contribution in [0.2, 0.25) is 0 Å².